The zero-order valence-corrected chi connectivity index (χ0v) is 13.7. The van der Waals surface area contributed by atoms with E-state index in [9.17, 15) is 0 Å². The summed E-state index contributed by atoms with van der Waals surface area (Å²) in [6, 6.07) is 7.76. The van der Waals surface area contributed by atoms with Crippen molar-refractivity contribution in [3.05, 3.63) is 29.3 Å². The second-order valence-electron chi connectivity index (χ2n) is 7.00. The van der Waals surface area contributed by atoms with E-state index in [1.165, 1.54) is 29.8 Å². The molecule has 0 amide bonds. The first-order valence-electron chi connectivity index (χ1n) is 8.00. The Hall–Kier alpha value is -1.02. The second kappa shape index (κ2) is 6.17. The van der Waals surface area contributed by atoms with Gasteiger partial charge in [0.2, 0.25) is 0 Å². The molecule has 0 aromatic heterocycles. The molecule has 1 fully saturated rings. The van der Waals surface area contributed by atoms with E-state index in [1.807, 2.05) is 0 Å². The van der Waals surface area contributed by atoms with Crippen LogP contribution in [0.25, 0.3) is 0 Å². The van der Waals surface area contributed by atoms with Gasteiger partial charge in [0, 0.05) is 24.3 Å². The lowest BCUT2D eigenvalue weighted by Crippen LogP contribution is -2.45. The van der Waals surface area contributed by atoms with Gasteiger partial charge in [-0.3, -0.25) is 0 Å². The number of anilines is 1. The molecule has 2 heteroatoms. The van der Waals surface area contributed by atoms with Gasteiger partial charge in [0.1, 0.15) is 0 Å². The Balaban J connectivity index is 2.22. The fourth-order valence-electron chi connectivity index (χ4n) is 3.49. The van der Waals surface area contributed by atoms with E-state index in [2.05, 4.69) is 57.7 Å². The molecular weight excluding hydrogens is 244 g/mol. The summed E-state index contributed by atoms with van der Waals surface area (Å²) in [5.41, 5.74) is 10.1. The van der Waals surface area contributed by atoms with Gasteiger partial charge in [-0.2, -0.15) is 0 Å². The highest BCUT2D eigenvalue weighted by atomic mass is 15.2. The number of benzene rings is 1. The summed E-state index contributed by atoms with van der Waals surface area (Å²) in [6.45, 7) is 12.6. The highest BCUT2D eigenvalue weighted by molar-refractivity contribution is 5.52. The molecule has 2 nitrogen and oxygen atoms in total. The Bertz CT molecular complexity index is 453. The van der Waals surface area contributed by atoms with E-state index in [1.54, 1.807) is 0 Å². The molecule has 2 rings (SSSR count). The van der Waals surface area contributed by atoms with Crippen molar-refractivity contribution in [1.29, 1.82) is 0 Å². The maximum absolute atomic E-state index is 5.92. The molecule has 4 unspecified atom stereocenters. The lowest BCUT2D eigenvalue weighted by molar-refractivity contribution is 0.297. The van der Waals surface area contributed by atoms with Crippen molar-refractivity contribution in [3.63, 3.8) is 0 Å². The minimum Gasteiger partial charge on any atom is -0.368 e. The number of hydrogen-bond donors (Lipinski definition) is 1. The average Bonchev–Trinajstić information content (AvgIpc) is 2.36. The predicted molar refractivity (Wildman–Crippen MR) is 88.3 cm³/mol. The maximum atomic E-state index is 5.92. The van der Waals surface area contributed by atoms with Gasteiger partial charge in [-0.1, -0.05) is 19.9 Å². The molecule has 0 spiro atoms. The molecule has 112 valence electrons. The quantitative estimate of drug-likeness (QED) is 0.909. The van der Waals surface area contributed by atoms with Crippen molar-refractivity contribution in [2.75, 3.05) is 11.4 Å². The third-order valence-corrected chi connectivity index (χ3v) is 4.80. The number of rotatable bonds is 3. The predicted octanol–water partition coefficient (Wildman–Crippen LogP) is 3.76. The van der Waals surface area contributed by atoms with Gasteiger partial charge in [-0.25, -0.2) is 0 Å². The van der Waals surface area contributed by atoms with Crippen LogP contribution in [0, 0.1) is 18.8 Å². The molecule has 1 aromatic rings. The number of nitrogens with two attached hydrogens (primary N) is 1. The van der Waals surface area contributed by atoms with Gasteiger partial charge in [0.05, 0.1) is 0 Å². The average molecular weight is 274 g/mol. The van der Waals surface area contributed by atoms with E-state index in [0.29, 0.717) is 6.04 Å². The first kappa shape index (κ1) is 15.4. The molecule has 4 atom stereocenters. The minimum absolute atomic E-state index is 0.230. The molecule has 1 heterocycles. The van der Waals surface area contributed by atoms with Crippen LogP contribution in [0.15, 0.2) is 18.2 Å². The van der Waals surface area contributed by atoms with Crippen LogP contribution >= 0.6 is 0 Å². The molecule has 1 aliphatic heterocycles. The van der Waals surface area contributed by atoms with Crippen LogP contribution in [0.5, 0.6) is 0 Å². The summed E-state index contributed by atoms with van der Waals surface area (Å²) in [6.07, 6.45) is 2.31. The van der Waals surface area contributed by atoms with Gasteiger partial charge in [0.15, 0.2) is 0 Å². The van der Waals surface area contributed by atoms with Gasteiger partial charge in [0.25, 0.3) is 0 Å². The van der Waals surface area contributed by atoms with Gasteiger partial charge in [-0.15, -0.1) is 0 Å². The summed E-state index contributed by atoms with van der Waals surface area (Å²) < 4.78 is 0. The molecular formula is C18H30N2. The third-order valence-electron chi connectivity index (χ3n) is 4.80. The minimum atomic E-state index is 0.230. The molecule has 2 N–H and O–H groups in total. The van der Waals surface area contributed by atoms with Gasteiger partial charge < -0.3 is 10.6 Å². The number of hydrogen-bond acceptors (Lipinski definition) is 2. The lowest BCUT2D eigenvalue weighted by atomic mass is 9.85. The Morgan fingerprint density at radius 1 is 1.30 bits per heavy atom. The second-order valence-corrected chi connectivity index (χ2v) is 7.00. The topological polar surface area (TPSA) is 29.3 Å². The highest BCUT2D eigenvalue weighted by Gasteiger charge is 2.28. The Morgan fingerprint density at radius 2 is 2.00 bits per heavy atom. The molecule has 1 saturated heterocycles. The summed E-state index contributed by atoms with van der Waals surface area (Å²) in [4.78, 5) is 2.58. The molecule has 0 aliphatic carbocycles. The highest BCUT2D eigenvalue weighted by Crippen LogP contribution is 2.32. The Kier molecular flexibility index (Phi) is 4.74. The van der Waals surface area contributed by atoms with E-state index in [0.717, 1.165) is 18.3 Å². The van der Waals surface area contributed by atoms with Crippen LogP contribution in [0.2, 0.25) is 0 Å². The van der Waals surface area contributed by atoms with Crippen molar-refractivity contribution in [2.45, 2.75) is 59.5 Å². The SMILES string of the molecule is Cc1cc(N2CC(C)CC(C)C2C)ccc1CC(C)N. The third kappa shape index (κ3) is 3.35. The summed E-state index contributed by atoms with van der Waals surface area (Å²) >= 11 is 0. The first-order valence-corrected chi connectivity index (χ1v) is 8.00. The standard InChI is InChI=1S/C18H30N2/c1-12-8-13(2)16(5)20(11-12)18-7-6-17(10-15(4)19)14(3)9-18/h6-7,9,12-13,15-16H,8,10-11,19H2,1-5H3. The Labute approximate surface area is 124 Å². The van der Waals surface area contributed by atoms with Gasteiger partial charge >= 0.3 is 0 Å². The fraction of sp³-hybridized carbons (Fsp3) is 0.667. The monoisotopic (exact) mass is 274 g/mol. The molecule has 1 aliphatic rings. The van der Waals surface area contributed by atoms with Crippen LogP contribution in [-0.4, -0.2) is 18.6 Å². The molecule has 0 radical (unpaired) electrons. The zero-order valence-electron chi connectivity index (χ0n) is 13.7. The number of aryl methyl sites for hydroxylation is 1. The van der Waals surface area contributed by atoms with Gasteiger partial charge in [-0.05, 0) is 68.7 Å². The van der Waals surface area contributed by atoms with Crippen LogP contribution in [0.4, 0.5) is 5.69 Å². The normalized spacial score (nSPS) is 28.5. The maximum Gasteiger partial charge on any atom is 0.0371 e. The van der Waals surface area contributed by atoms with E-state index in [-0.39, 0.29) is 6.04 Å². The lowest BCUT2D eigenvalue weighted by Gasteiger charge is -2.43. The molecule has 0 saturated carbocycles. The fourth-order valence-corrected chi connectivity index (χ4v) is 3.49. The smallest absolute Gasteiger partial charge is 0.0371 e. The largest absolute Gasteiger partial charge is 0.368 e. The van der Waals surface area contributed by atoms with Crippen LogP contribution < -0.4 is 10.6 Å². The molecule has 1 aromatic carbocycles. The summed E-state index contributed by atoms with van der Waals surface area (Å²) in [7, 11) is 0. The van der Waals surface area contributed by atoms with Crippen LogP contribution in [0.1, 0.15) is 45.2 Å². The van der Waals surface area contributed by atoms with E-state index >= 15 is 0 Å². The van der Waals surface area contributed by atoms with Crippen molar-refractivity contribution in [1.82, 2.24) is 0 Å². The first-order chi connectivity index (χ1) is 9.38. The van der Waals surface area contributed by atoms with Crippen molar-refractivity contribution in [2.24, 2.45) is 17.6 Å². The number of nitrogens with zero attached hydrogens (tertiary/aromatic N) is 1. The van der Waals surface area contributed by atoms with Crippen molar-refractivity contribution < 1.29 is 0 Å². The van der Waals surface area contributed by atoms with Crippen LogP contribution in [0.3, 0.4) is 0 Å². The summed E-state index contributed by atoms with van der Waals surface area (Å²) in [5, 5.41) is 0. The molecule has 20 heavy (non-hydrogen) atoms. The van der Waals surface area contributed by atoms with Crippen LogP contribution in [-0.2, 0) is 6.42 Å². The Morgan fingerprint density at radius 3 is 2.60 bits per heavy atom. The zero-order chi connectivity index (χ0) is 14.9. The summed E-state index contributed by atoms with van der Waals surface area (Å²) in [5.74, 6) is 1.55. The number of piperidine rings is 1. The van der Waals surface area contributed by atoms with Crippen molar-refractivity contribution in [3.8, 4) is 0 Å². The van der Waals surface area contributed by atoms with E-state index in [4.69, 9.17) is 5.73 Å². The van der Waals surface area contributed by atoms with E-state index < -0.39 is 0 Å². The van der Waals surface area contributed by atoms with Crippen molar-refractivity contribution >= 4 is 5.69 Å². The molecule has 0 bridgehead atoms.